The van der Waals surface area contributed by atoms with E-state index < -0.39 is 10.9 Å². The van der Waals surface area contributed by atoms with E-state index in [2.05, 4.69) is 0 Å². The molecule has 0 unspecified atom stereocenters. The normalized spacial score (nSPS) is 10.1. The van der Waals surface area contributed by atoms with Gasteiger partial charge in [0.2, 0.25) is 0 Å². The molecule has 0 aliphatic rings. The Morgan fingerprint density at radius 2 is 2.17 bits per heavy atom. The largest absolute Gasteiger partial charge is 0.478 e. The summed E-state index contributed by atoms with van der Waals surface area (Å²) in [5.74, 6) is -1.14. The third-order valence-electron chi connectivity index (χ3n) is 2.48. The molecule has 0 fully saturated rings. The van der Waals surface area contributed by atoms with Crippen LogP contribution in [-0.2, 0) is 0 Å². The van der Waals surface area contributed by atoms with E-state index >= 15 is 0 Å². The Morgan fingerprint density at radius 1 is 1.50 bits per heavy atom. The zero-order chi connectivity index (χ0) is 13.7. The number of carboxylic acids is 1. The van der Waals surface area contributed by atoms with Crippen molar-refractivity contribution in [1.29, 1.82) is 0 Å². The molecule has 7 heteroatoms. The number of hydrogen-bond donors (Lipinski definition) is 2. The predicted molar refractivity (Wildman–Crippen MR) is 65.0 cm³/mol. The van der Waals surface area contributed by atoms with Crippen molar-refractivity contribution in [2.24, 2.45) is 0 Å². The van der Waals surface area contributed by atoms with Crippen molar-refractivity contribution in [2.45, 2.75) is 6.42 Å². The molecule has 0 radical (unpaired) electrons. The van der Waals surface area contributed by atoms with Crippen molar-refractivity contribution in [3.63, 3.8) is 0 Å². The number of rotatable bonds is 6. The molecule has 0 aliphatic carbocycles. The second kappa shape index (κ2) is 5.97. The van der Waals surface area contributed by atoms with Crippen molar-refractivity contribution < 1.29 is 19.9 Å². The number of nitro benzene ring substituents is 1. The van der Waals surface area contributed by atoms with Gasteiger partial charge in [-0.25, -0.2) is 4.79 Å². The lowest BCUT2D eigenvalue weighted by atomic mass is 10.1. The number of carboxylic acid groups (broad SMARTS) is 1. The number of nitro groups is 1. The van der Waals surface area contributed by atoms with E-state index in [0.29, 0.717) is 13.0 Å². The Hall–Kier alpha value is -2.15. The highest BCUT2D eigenvalue weighted by atomic mass is 16.6. The van der Waals surface area contributed by atoms with Gasteiger partial charge in [-0.1, -0.05) is 0 Å². The number of carbonyl (C=O) groups is 1. The first-order chi connectivity index (χ1) is 8.47. The molecule has 98 valence electrons. The highest BCUT2D eigenvalue weighted by Crippen LogP contribution is 2.28. The van der Waals surface area contributed by atoms with Gasteiger partial charge in [-0.2, -0.15) is 0 Å². The van der Waals surface area contributed by atoms with Crippen molar-refractivity contribution in [3.05, 3.63) is 33.9 Å². The molecule has 0 bridgehead atoms. The molecule has 1 aromatic carbocycles. The molecule has 1 rings (SSSR count). The first kappa shape index (κ1) is 13.9. The van der Waals surface area contributed by atoms with Crippen LogP contribution >= 0.6 is 0 Å². The van der Waals surface area contributed by atoms with Gasteiger partial charge in [0.1, 0.15) is 5.69 Å². The van der Waals surface area contributed by atoms with E-state index in [1.54, 1.807) is 11.9 Å². The maximum atomic E-state index is 10.9. The highest BCUT2D eigenvalue weighted by Gasteiger charge is 2.19. The third kappa shape index (κ3) is 3.17. The monoisotopic (exact) mass is 254 g/mol. The van der Waals surface area contributed by atoms with Gasteiger partial charge in [0.05, 0.1) is 10.5 Å². The summed E-state index contributed by atoms with van der Waals surface area (Å²) < 4.78 is 0. The number of aromatic carboxylic acids is 1. The van der Waals surface area contributed by atoms with Crippen molar-refractivity contribution in [3.8, 4) is 0 Å². The van der Waals surface area contributed by atoms with Crippen LogP contribution in [0.25, 0.3) is 0 Å². The number of nitrogens with zero attached hydrogens (tertiary/aromatic N) is 2. The van der Waals surface area contributed by atoms with E-state index in [4.69, 9.17) is 10.2 Å². The molecule has 0 saturated carbocycles. The summed E-state index contributed by atoms with van der Waals surface area (Å²) in [5.41, 5.74) is 0.0697. The molecule has 0 atom stereocenters. The van der Waals surface area contributed by atoms with Gasteiger partial charge in [0, 0.05) is 26.3 Å². The molecular formula is C11H14N2O5. The number of hydrogen-bond acceptors (Lipinski definition) is 5. The maximum absolute atomic E-state index is 10.9. The topological polar surface area (TPSA) is 104 Å². The Balaban J connectivity index is 3.14. The number of benzene rings is 1. The molecule has 7 nitrogen and oxygen atoms in total. The lowest BCUT2D eigenvalue weighted by Crippen LogP contribution is -2.21. The Morgan fingerprint density at radius 3 is 2.67 bits per heavy atom. The minimum absolute atomic E-state index is 0.00792. The van der Waals surface area contributed by atoms with Gasteiger partial charge in [0.25, 0.3) is 5.69 Å². The van der Waals surface area contributed by atoms with Crippen molar-refractivity contribution in [1.82, 2.24) is 0 Å². The number of anilines is 1. The molecule has 0 heterocycles. The Bertz CT molecular complexity index is 461. The summed E-state index contributed by atoms with van der Waals surface area (Å²) >= 11 is 0. The molecule has 0 aliphatic heterocycles. The summed E-state index contributed by atoms with van der Waals surface area (Å²) in [6, 6.07) is 3.63. The zero-order valence-electron chi connectivity index (χ0n) is 9.87. The van der Waals surface area contributed by atoms with Crippen LogP contribution in [0.3, 0.4) is 0 Å². The molecule has 0 spiro atoms. The molecule has 0 saturated heterocycles. The smallest absolute Gasteiger partial charge is 0.335 e. The van der Waals surface area contributed by atoms with Crippen LogP contribution in [0.2, 0.25) is 0 Å². The lowest BCUT2D eigenvalue weighted by molar-refractivity contribution is -0.384. The van der Waals surface area contributed by atoms with Gasteiger partial charge in [0.15, 0.2) is 0 Å². The van der Waals surface area contributed by atoms with Crippen LogP contribution in [0.1, 0.15) is 16.8 Å². The van der Waals surface area contributed by atoms with E-state index in [1.807, 2.05) is 0 Å². The zero-order valence-corrected chi connectivity index (χ0v) is 9.87. The van der Waals surface area contributed by atoms with E-state index in [9.17, 15) is 14.9 Å². The summed E-state index contributed by atoms with van der Waals surface area (Å²) in [6.07, 6.45) is 0.449. The first-order valence-corrected chi connectivity index (χ1v) is 5.31. The molecule has 0 amide bonds. The summed E-state index contributed by atoms with van der Waals surface area (Å²) in [4.78, 5) is 22.7. The van der Waals surface area contributed by atoms with Crippen molar-refractivity contribution in [2.75, 3.05) is 25.1 Å². The molecular weight excluding hydrogens is 240 g/mol. The highest BCUT2D eigenvalue weighted by molar-refractivity contribution is 5.90. The van der Waals surface area contributed by atoms with Crippen LogP contribution in [-0.4, -0.2) is 41.3 Å². The van der Waals surface area contributed by atoms with Crippen LogP contribution in [0.15, 0.2) is 18.2 Å². The van der Waals surface area contributed by atoms with Crippen LogP contribution < -0.4 is 4.90 Å². The van der Waals surface area contributed by atoms with Gasteiger partial charge in [-0.15, -0.1) is 0 Å². The van der Waals surface area contributed by atoms with Gasteiger partial charge in [-0.05, 0) is 18.6 Å². The van der Waals surface area contributed by atoms with Crippen LogP contribution in [0.5, 0.6) is 0 Å². The Labute approximate surface area is 103 Å². The quantitative estimate of drug-likeness (QED) is 0.582. The van der Waals surface area contributed by atoms with Gasteiger partial charge in [-0.3, -0.25) is 10.1 Å². The fourth-order valence-corrected chi connectivity index (χ4v) is 1.54. The third-order valence-corrected chi connectivity index (χ3v) is 2.48. The molecule has 0 aromatic heterocycles. The predicted octanol–water partition coefficient (Wildman–Crippen LogP) is 1.11. The second-order valence-corrected chi connectivity index (χ2v) is 3.76. The average Bonchev–Trinajstić information content (AvgIpc) is 2.34. The second-order valence-electron chi connectivity index (χ2n) is 3.76. The van der Waals surface area contributed by atoms with E-state index in [0.717, 1.165) is 0 Å². The standard InChI is InChI=1S/C11H14N2O5/c1-12(5-2-6-14)10-7-8(11(15)16)3-4-9(10)13(17)18/h3-4,7,14H,2,5-6H2,1H3,(H,15,16). The fourth-order valence-electron chi connectivity index (χ4n) is 1.54. The minimum Gasteiger partial charge on any atom is -0.478 e. The maximum Gasteiger partial charge on any atom is 0.335 e. The SMILES string of the molecule is CN(CCCO)c1cc(C(=O)O)ccc1[N+](=O)[O-]. The van der Waals surface area contributed by atoms with Gasteiger partial charge >= 0.3 is 5.97 Å². The molecule has 2 N–H and O–H groups in total. The van der Waals surface area contributed by atoms with Gasteiger partial charge < -0.3 is 15.1 Å². The first-order valence-electron chi connectivity index (χ1n) is 5.31. The van der Waals surface area contributed by atoms with E-state index in [-0.39, 0.29) is 23.5 Å². The summed E-state index contributed by atoms with van der Waals surface area (Å²) in [6.45, 7) is 0.372. The minimum atomic E-state index is -1.14. The lowest BCUT2D eigenvalue weighted by Gasteiger charge is -2.18. The average molecular weight is 254 g/mol. The van der Waals surface area contributed by atoms with Crippen LogP contribution in [0, 0.1) is 10.1 Å². The van der Waals surface area contributed by atoms with Crippen LogP contribution in [0.4, 0.5) is 11.4 Å². The Kier molecular flexibility index (Phi) is 4.61. The van der Waals surface area contributed by atoms with E-state index in [1.165, 1.54) is 18.2 Å². The molecule has 1 aromatic rings. The number of aliphatic hydroxyl groups is 1. The molecule has 18 heavy (non-hydrogen) atoms. The van der Waals surface area contributed by atoms with Crippen molar-refractivity contribution >= 4 is 17.3 Å². The summed E-state index contributed by atoms with van der Waals surface area (Å²) in [7, 11) is 1.61. The number of aliphatic hydroxyl groups excluding tert-OH is 1. The summed E-state index contributed by atoms with van der Waals surface area (Å²) in [5, 5.41) is 28.5. The fraction of sp³-hybridized carbons (Fsp3) is 0.364.